The summed E-state index contributed by atoms with van der Waals surface area (Å²) in [6.07, 6.45) is 5.31. The van der Waals surface area contributed by atoms with Gasteiger partial charge < -0.3 is 4.90 Å². The van der Waals surface area contributed by atoms with E-state index in [-0.39, 0.29) is 0 Å². The second-order valence-corrected chi connectivity index (χ2v) is 5.76. The quantitative estimate of drug-likeness (QED) is 0.705. The Kier molecular flexibility index (Phi) is 4.55. The van der Waals surface area contributed by atoms with E-state index in [9.17, 15) is 0 Å². The lowest BCUT2D eigenvalue weighted by molar-refractivity contribution is 0.199. The number of alkyl halides is 1. The van der Waals surface area contributed by atoms with Crippen LogP contribution in [0.5, 0.6) is 0 Å². The van der Waals surface area contributed by atoms with Gasteiger partial charge in [-0.1, -0.05) is 38.8 Å². The van der Waals surface area contributed by atoms with E-state index in [1.165, 1.54) is 50.0 Å². The van der Waals surface area contributed by atoms with Crippen molar-refractivity contribution in [2.75, 3.05) is 18.0 Å². The fourth-order valence-corrected chi connectivity index (χ4v) is 3.17. The highest BCUT2D eigenvalue weighted by molar-refractivity contribution is 6.17. The topological polar surface area (TPSA) is 3.24 Å². The first-order valence-electron chi connectivity index (χ1n) is 7.13. The van der Waals surface area contributed by atoms with Gasteiger partial charge in [-0.05, 0) is 36.0 Å². The van der Waals surface area contributed by atoms with Gasteiger partial charge in [0.1, 0.15) is 0 Å². The van der Waals surface area contributed by atoms with Crippen molar-refractivity contribution in [1.82, 2.24) is 0 Å². The number of rotatable bonds is 4. The normalized spacial score (nSPS) is 18.9. The van der Waals surface area contributed by atoms with Crippen LogP contribution in [0.4, 0.5) is 5.69 Å². The molecule has 0 unspecified atom stereocenters. The lowest BCUT2D eigenvalue weighted by Crippen LogP contribution is -2.39. The van der Waals surface area contributed by atoms with Crippen LogP contribution in [0.15, 0.2) is 24.3 Å². The summed E-state index contributed by atoms with van der Waals surface area (Å²) in [5, 5.41) is 0. The third-order valence-electron chi connectivity index (χ3n) is 4.78. The molecule has 0 saturated carbocycles. The number of benzene rings is 1. The zero-order valence-electron chi connectivity index (χ0n) is 11.6. The van der Waals surface area contributed by atoms with Crippen LogP contribution in [-0.4, -0.2) is 13.1 Å². The molecule has 1 aliphatic rings. The van der Waals surface area contributed by atoms with Gasteiger partial charge in [-0.25, -0.2) is 0 Å². The van der Waals surface area contributed by atoms with E-state index in [4.69, 9.17) is 11.6 Å². The maximum absolute atomic E-state index is 5.83. The second-order valence-electron chi connectivity index (χ2n) is 5.49. The molecule has 0 bridgehead atoms. The predicted molar refractivity (Wildman–Crippen MR) is 80.5 cm³/mol. The summed E-state index contributed by atoms with van der Waals surface area (Å²) in [5.74, 6) is 0.606. The first-order chi connectivity index (χ1) is 8.73. The molecular formula is C16H24ClN. The highest BCUT2D eigenvalue weighted by Gasteiger charge is 2.31. The molecule has 18 heavy (non-hydrogen) atoms. The van der Waals surface area contributed by atoms with E-state index in [0.29, 0.717) is 11.3 Å². The molecule has 0 amide bonds. The molecule has 0 radical (unpaired) electrons. The van der Waals surface area contributed by atoms with Crippen molar-refractivity contribution in [2.24, 2.45) is 5.41 Å². The third kappa shape index (κ3) is 2.83. The van der Waals surface area contributed by atoms with E-state index in [2.05, 4.69) is 43.0 Å². The Bertz CT molecular complexity index is 357. The molecule has 1 aliphatic heterocycles. The van der Waals surface area contributed by atoms with Crippen molar-refractivity contribution in [3.63, 3.8) is 0 Å². The molecule has 2 heteroatoms. The van der Waals surface area contributed by atoms with Crippen molar-refractivity contribution >= 4 is 17.3 Å². The minimum absolute atomic E-state index is 0.604. The van der Waals surface area contributed by atoms with Gasteiger partial charge in [-0.3, -0.25) is 0 Å². The van der Waals surface area contributed by atoms with Crippen LogP contribution in [-0.2, 0) is 5.88 Å². The van der Waals surface area contributed by atoms with Gasteiger partial charge in [-0.2, -0.15) is 0 Å². The molecule has 1 aromatic carbocycles. The number of hydrogen-bond donors (Lipinski definition) is 0. The maximum Gasteiger partial charge on any atom is 0.0474 e. The lowest BCUT2D eigenvalue weighted by Gasteiger charge is -2.42. The predicted octanol–water partition coefficient (Wildman–Crippen LogP) is 4.83. The van der Waals surface area contributed by atoms with Gasteiger partial charge in [0.2, 0.25) is 0 Å². The van der Waals surface area contributed by atoms with Crippen molar-refractivity contribution in [3.8, 4) is 0 Å². The highest BCUT2D eigenvalue weighted by atomic mass is 35.5. The summed E-state index contributed by atoms with van der Waals surface area (Å²) in [4.78, 5) is 2.52. The summed E-state index contributed by atoms with van der Waals surface area (Å²) in [6, 6.07) is 8.71. The van der Waals surface area contributed by atoms with Gasteiger partial charge in [0.25, 0.3) is 0 Å². The number of anilines is 1. The standard InChI is InChI=1S/C16H24ClN/c1-3-16(4-2)9-11-18(12-10-16)15-7-5-14(13-17)6-8-15/h5-8H,3-4,9-13H2,1-2H3. The molecule has 2 rings (SSSR count). The summed E-state index contributed by atoms with van der Waals surface area (Å²) in [6.45, 7) is 7.08. The Morgan fingerprint density at radius 3 is 2.06 bits per heavy atom. The molecule has 100 valence electrons. The fourth-order valence-electron chi connectivity index (χ4n) is 2.99. The smallest absolute Gasteiger partial charge is 0.0474 e. The van der Waals surface area contributed by atoms with E-state index in [1.54, 1.807) is 0 Å². The minimum Gasteiger partial charge on any atom is -0.371 e. The SMILES string of the molecule is CCC1(CC)CCN(c2ccc(CCl)cc2)CC1. The Morgan fingerprint density at radius 1 is 1.06 bits per heavy atom. The maximum atomic E-state index is 5.83. The van der Waals surface area contributed by atoms with Gasteiger partial charge >= 0.3 is 0 Å². The van der Waals surface area contributed by atoms with Gasteiger partial charge in [0, 0.05) is 24.7 Å². The molecule has 0 spiro atoms. The molecule has 1 nitrogen and oxygen atoms in total. The van der Waals surface area contributed by atoms with E-state index < -0.39 is 0 Å². The molecule has 0 atom stereocenters. The lowest BCUT2D eigenvalue weighted by atomic mass is 9.74. The molecule has 1 heterocycles. The van der Waals surface area contributed by atoms with Crippen LogP contribution in [0.2, 0.25) is 0 Å². The summed E-state index contributed by atoms with van der Waals surface area (Å²) in [5.41, 5.74) is 3.16. The number of halogens is 1. The van der Waals surface area contributed by atoms with Crippen LogP contribution in [0.25, 0.3) is 0 Å². The highest BCUT2D eigenvalue weighted by Crippen LogP contribution is 2.39. The number of hydrogen-bond acceptors (Lipinski definition) is 1. The van der Waals surface area contributed by atoms with Crippen LogP contribution in [0.1, 0.15) is 45.1 Å². The first kappa shape index (κ1) is 13.7. The Morgan fingerprint density at radius 2 is 1.61 bits per heavy atom. The average molecular weight is 266 g/mol. The zero-order chi connectivity index (χ0) is 13.0. The number of piperidine rings is 1. The van der Waals surface area contributed by atoms with Crippen molar-refractivity contribution in [2.45, 2.75) is 45.4 Å². The van der Waals surface area contributed by atoms with E-state index in [0.717, 1.165) is 0 Å². The molecule has 0 aliphatic carbocycles. The van der Waals surface area contributed by atoms with Crippen molar-refractivity contribution < 1.29 is 0 Å². The average Bonchev–Trinajstić information content (AvgIpc) is 2.47. The van der Waals surface area contributed by atoms with Crippen LogP contribution in [0, 0.1) is 5.41 Å². The van der Waals surface area contributed by atoms with Gasteiger partial charge in [0.05, 0.1) is 0 Å². The molecule has 1 aromatic rings. The van der Waals surface area contributed by atoms with Crippen molar-refractivity contribution in [3.05, 3.63) is 29.8 Å². The summed E-state index contributed by atoms with van der Waals surface area (Å²) >= 11 is 5.83. The largest absolute Gasteiger partial charge is 0.371 e. The summed E-state index contributed by atoms with van der Waals surface area (Å²) in [7, 11) is 0. The van der Waals surface area contributed by atoms with E-state index in [1.807, 2.05) is 0 Å². The molecular weight excluding hydrogens is 242 g/mol. The van der Waals surface area contributed by atoms with Crippen molar-refractivity contribution in [1.29, 1.82) is 0 Å². The molecule has 1 fully saturated rings. The van der Waals surface area contributed by atoms with Crippen LogP contribution in [0.3, 0.4) is 0 Å². The Balaban J connectivity index is 2.00. The molecule has 0 aromatic heterocycles. The first-order valence-corrected chi connectivity index (χ1v) is 7.66. The fraction of sp³-hybridized carbons (Fsp3) is 0.625. The molecule has 1 saturated heterocycles. The Hall–Kier alpha value is -0.690. The minimum atomic E-state index is 0.604. The molecule has 0 N–H and O–H groups in total. The van der Waals surface area contributed by atoms with Crippen LogP contribution < -0.4 is 4.90 Å². The van der Waals surface area contributed by atoms with E-state index >= 15 is 0 Å². The third-order valence-corrected chi connectivity index (χ3v) is 5.09. The summed E-state index contributed by atoms with van der Waals surface area (Å²) < 4.78 is 0. The van der Waals surface area contributed by atoms with Gasteiger partial charge in [-0.15, -0.1) is 11.6 Å². The van der Waals surface area contributed by atoms with Gasteiger partial charge in [0.15, 0.2) is 0 Å². The monoisotopic (exact) mass is 265 g/mol. The Labute approximate surface area is 116 Å². The van der Waals surface area contributed by atoms with Crippen LogP contribution >= 0.6 is 11.6 Å². The zero-order valence-corrected chi connectivity index (χ0v) is 12.3. The number of nitrogens with zero attached hydrogens (tertiary/aromatic N) is 1. The second kappa shape index (κ2) is 5.97.